The van der Waals surface area contributed by atoms with Gasteiger partial charge in [0.2, 0.25) is 18.9 Å². The summed E-state index contributed by atoms with van der Waals surface area (Å²) in [5, 5.41) is 190. The normalized spacial score (nSPS) is 34.1. The van der Waals surface area contributed by atoms with E-state index in [0.717, 1.165) is 36.4 Å². The van der Waals surface area contributed by atoms with Crippen molar-refractivity contribution in [2.24, 2.45) is 0 Å². The molecule has 31 heteroatoms. The van der Waals surface area contributed by atoms with Gasteiger partial charge in [-0.15, -0.1) is 0 Å². The molecule has 5 aliphatic rings. The zero-order valence-corrected chi connectivity index (χ0v) is 45.7. The summed E-state index contributed by atoms with van der Waals surface area (Å²) in [6, 6.07) is 15.0. The van der Waals surface area contributed by atoms with Gasteiger partial charge in [0.1, 0.15) is 128 Å². The lowest BCUT2D eigenvalue weighted by molar-refractivity contribution is -0.364. The number of carbonyl (C=O) groups excluding carboxylic acids is 2. The Labute approximate surface area is 496 Å². The van der Waals surface area contributed by atoms with Crippen LogP contribution in [0.1, 0.15) is 28.4 Å². The minimum Gasteiger partial charge on any atom is -0.571 e. The smallest absolute Gasteiger partial charge is 0.330 e. The number of hydrogen-bond acceptors (Lipinski definition) is 30. The van der Waals surface area contributed by atoms with Gasteiger partial charge in [-0.3, -0.25) is 0 Å². The topological polar surface area (TPSA) is 503 Å². The van der Waals surface area contributed by atoms with E-state index in [1.807, 2.05) is 0 Å². The number of aliphatic hydroxyl groups excluding tert-OH is 13. The van der Waals surface area contributed by atoms with Crippen LogP contribution in [0.25, 0.3) is 18.2 Å². The number of aromatic hydroxyl groups is 6. The second-order valence-corrected chi connectivity index (χ2v) is 20.8. The third-order valence-electron chi connectivity index (χ3n) is 14.8. The summed E-state index contributed by atoms with van der Waals surface area (Å²) in [6.45, 7) is -3.26. The van der Waals surface area contributed by atoms with Crippen LogP contribution in [-0.2, 0) is 47.5 Å². The lowest BCUT2D eigenvalue weighted by atomic mass is 9.97. The van der Waals surface area contributed by atoms with Crippen molar-refractivity contribution in [2.75, 3.05) is 26.4 Å². The molecule has 0 amide bonds. The molecule has 0 aliphatic carbocycles. The quantitative estimate of drug-likeness (QED) is 0.0185. The summed E-state index contributed by atoms with van der Waals surface area (Å²) in [5.74, 6) is -5.05. The summed E-state index contributed by atoms with van der Waals surface area (Å²) >= 11 is 0. The Kier molecular flexibility index (Phi) is 20.6. The SMILES string of the molecule is O=C(/C=C/c1ccc(O)c(O[C@@H]2O[C@@H](CO)[C@@H](O)[C@H](O)[C@@H]2O)c1)OC[C@H]1O[C@@H](O[C@@H]2[C@H](OC3=Cc4c(O[C@@H]5O[C@@H](CO)[C@@H](O)[C@H](O)[C@@H]5O)cc(O)cc4[OH+]C3c3ccc(O)cc3)O[C@H](COC(=O)/C=C/c3ccc(O)c(O)c3)[C@@H](O)[C@@H]2O)[C@H](O)[C@@H](O)[C@@H]1O. The molecule has 0 bridgehead atoms. The predicted octanol–water partition coefficient (Wildman–Crippen LogP) is -3.92. The van der Waals surface area contributed by atoms with Crippen molar-refractivity contribution in [2.45, 2.75) is 129 Å². The molecule has 9 rings (SSSR count). The first-order valence-corrected chi connectivity index (χ1v) is 27.0. The molecule has 21 atom stereocenters. The number of aliphatic hydroxyl groups is 14. The Bertz CT molecular complexity index is 3150. The number of esters is 2. The molecule has 4 fully saturated rings. The standard InChI is InChI=1S/C57H64O31/c58-18-35-41(67)45(71)49(75)54(84-35)81-32-16-26(61)15-31-27(32)17-34(52(80-31)24-5-7-25(60)8-6-24)83-57-53(48(74)44(70)38(87-57)21-79-39(65)11-3-22-1-9-28(62)30(64)13-22)88-56-51(77)47(73)43(69)37(86-56)20-78-40(66)12-4-23-2-10-29(63)33(14-23)82-55-50(76)46(72)42(68)36(19-59)85-55/h1-17,35-38,41-64,67-77H,18-21H2/p+1/b11-3+,12-4+/t35-,36-,37+,38+,41+,42+,43+,44+,45-,46-,47-,48-,49-,50-,51+,52?,53-,54+,55+,56-,57+/m0/s1. The first kappa shape index (κ1) is 65.0. The van der Waals surface area contributed by atoms with E-state index in [4.69, 9.17) is 52.1 Å². The molecular formula is C57H65O31+. The highest BCUT2D eigenvalue weighted by Gasteiger charge is 2.54. The third kappa shape index (κ3) is 14.5. The van der Waals surface area contributed by atoms with E-state index in [-0.39, 0.29) is 51.0 Å². The van der Waals surface area contributed by atoms with Crippen molar-refractivity contribution >= 4 is 30.2 Å². The van der Waals surface area contributed by atoms with Crippen LogP contribution < -0.4 is 9.47 Å². The van der Waals surface area contributed by atoms with E-state index in [1.165, 1.54) is 66.8 Å². The molecule has 0 radical (unpaired) electrons. The number of phenolic OH excluding ortho intramolecular Hbond substituents is 5. The molecule has 4 aromatic rings. The predicted molar refractivity (Wildman–Crippen MR) is 289 cm³/mol. The minimum atomic E-state index is -2.18. The molecule has 19 N–H and O–H groups in total. The Morgan fingerprint density at radius 3 is 1.51 bits per heavy atom. The summed E-state index contributed by atoms with van der Waals surface area (Å²) in [6.07, 6.45) is -33.1. The molecule has 5 aliphatic heterocycles. The lowest BCUT2D eigenvalue weighted by Crippen LogP contribution is -2.64. The maximum Gasteiger partial charge on any atom is 0.330 e. The highest BCUT2D eigenvalue weighted by Crippen LogP contribution is 2.47. The summed E-state index contributed by atoms with van der Waals surface area (Å²) in [4.78, 5) is 26.1. The largest absolute Gasteiger partial charge is 0.571 e. The fourth-order valence-corrected chi connectivity index (χ4v) is 9.81. The van der Waals surface area contributed by atoms with Crippen molar-refractivity contribution in [3.8, 4) is 46.0 Å². The zero-order valence-electron chi connectivity index (χ0n) is 45.7. The van der Waals surface area contributed by atoms with Gasteiger partial charge in [-0.25, -0.2) is 9.59 Å². The van der Waals surface area contributed by atoms with Gasteiger partial charge in [0.15, 0.2) is 41.2 Å². The van der Waals surface area contributed by atoms with E-state index < -0.39 is 190 Å². The van der Waals surface area contributed by atoms with Crippen molar-refractivity contribution in [3.63, 3.8) is 0 Å². The Balaban J connectivity index is 0.971. The highest BCUT2D eigenvalue weighted by atomic mass is 16.8. The molecule has 0 saturated carbocycles. The second-order valence-electron chi connectivity index (χ2n) is 20.8. The van der Waals surface area contributed by atoms with Crippen molar-refractivity contribution < 1.29 is 154 Å². The molecule has 0 spiro atoms. The summed E-state index contributed by atoms with van der Waals surface area (Å²) in [7, 11) is 0. The average molecular weight is 1250 g/mol. The highest BCUT2D eigenvalue weighted by molar-refractivity contribution is 5.87. The fraction of sp³-hybridized carbons (Fsp3) is 0.439. The Morgan fingerprint density at radius 1 is 0.466 bits per heavy atom. The van der Waals surface area contributed by atoms with Gasteiger partial charge in [-0.05, 0) is 71.8 Å². The first-order chi connectivity index (χ1) is 41.9. The van der Waals surface area contributed by atoms with Gasteiger partial charge < -0.3 is 144 Å². The number of rotatable bonds is 19. The van der Waals surface area contributed by atoms with E-state index >= 15 is 0 Å². The zero-order chi connectivity index (χ0) is 63.4. The number of fused-ring (bicyclic) bond motifs is 1. The van der Waals surface area contributed by atoms with Gasteiger partial charge >= 0.3 is 11.9 Å². The van der Waals surface area contributed by atoms with Gasteiger partial charge in [0.05, 0.1) is 24.8 Å². The van der Waals surface area contributed by atoms with E-state index in [0.29, 0.717) is 0 Å². The van der Waals surface area contributed by atoms with Crippen LogP contribution in [0.2, 0.25) is 0 Å². The molecule has 4 aromatic carbocycles. The van der Waals surface area contributed by atoms with E-state index in [1.54, 1.807) is 0 Å². The Hall–Kier alpha value is -7.48. The van der Waals surface area contributed by atoms with Crippen molar-refractivity contribution in [3.05, 3.63) is 113 Å². The van der Waals surface area contributed by atoms with Gasteiger partial charge in [0, 0.05) is 24.3 Å². The molecule has 1 unspecified atom stereocenters. The maximum atomic E-state index is 13.1. The number of ether oxygens (including phenoxy) is 11. The van der Waals surface area contributed by atoms with Crippen LogP contribution in [0.5, 0.6) is 46.0 Å². The number of carbonyl (C=O) groups is 2. The lowest BCUT2D eigenvalue weighted by Gasteiger charge is -2.46. The van der Waals surface area contributed by atoms with Crippen molar-refractivity contribution in [1.82, 2.24) is 0 Å². The first-order valence-electron chi connectivity index (χ1n) is 27.0. The number of phenols is 5. The summed E-state index contributed by atoms with van der Waals surface area (Å²) in [5.41, 5.74) is 0.681. The van der Waals surface area contributed by atoms with Crippen LogP contribution in [0.4, 0.5) is 0 Å². The van der Waals surface area contributed by atoms with Crippen LogP contribution in [0, 0.1) is 0 Å². The van der Waals surface area contributed by atoms with Gasteiger partial charge in [-0.1, -0.05) is 12.1 Å². The molecule has 88 heavy (non-hydrogen) atoms. The molecular weight excluding hydrogens is 1180 g/mol. The van der Waals surface area contributed by atoms with E-state index in [9.17, 15) is 102 Å². The maximum absolute atomic E-state index is 13.1. The third-order valence-corrected chi connectivity index (χ3v) is 14.8. The van der Waals surface area contributed by atoms with Crippen LogP contribution >= 0.6 is 0 Å². The van der Waals surface area contributed by atoms with Gasteiger partial charge in [-0.2, -0.15) is 0 Å². The van der Waals surface area contributed by atoms with Crippen LogP contribution in [-0.4, -0.2) is 258 Å². The molecule has 4 saturated heterocycles. The van der Waals surface area contributed by atoms with Crippen LogP contribution in [0.3, 0.4) is 0 Å². The number of hydrogen-bond donors (Lipinski definition) is 18. The minimum absolute atomic E-state index is 0.0130. The molecule has 478 valence electrons. The van der Waals surface area contributed by atoms with Gasteiger partial charge in [0.25, 0.3) is 11.9 Å². The average Bonchev–Trinajstić information content (AvgIpc) is 3.53. The monoisotopic (exact) mass is 1250 g/mol. The summed E-state index contributed by atoms with van der Waals surface area (Å²) < 4.78 is 62.3. The number of benzene rings is 4. The second kappa shape index (κ2) is 27.9. The van der Waals surface area contributed by atoms with E-state index in [2.05, 4.69) is 0 Å². The van der Waals surface area contributed by atoms with Crippen molar-refractivity contribution in [1.29, 1.82) is 0 Å². The molecule has 31 nitrogen and oxygen atoms in total. The van der Waals surface area contributed by atoms with Crippen LogP contribution in [0.15, 0.2) is 90.7 Å². The molecule has 0 aromatic heterocycles. The molecule has 5 heterocycles. The fourth-order valence-electron chi connectivity index (χ4n) is 9.81. The Morgan fingerprint density at radius 2 is 0.955 bits per heavy atom.